The van der Waals surface area contributed by atoms with Crippen molar-refractivity contribution in [1.82, 2.24) is 14.8 Å². The van der Waals surface area contributed by atoms with Crippen molar-refractivity contribution in [1.29, 1.82) is 0 Å². The molecule has 0 aliphatic carbocycles. The SMILES string of the molecule is CCn1c(S/C(=C\c2ccc(N3CCOCC3)o2)C(=O)O)nnc1-c1ccc(Cl)cc1. The topological polar surface area (TPSA) is 93.6 Å². The number of nitrogens with zero attached hydrogens (tertiary/aromatic N) is 4. The van der Waals surface area contributed by atoms with Crippen molar-refractivity contribution in [3.8, 4) is 11.4 Å². The molecule has 0 bridgehead atoms. The number of hydrogen-bond donors (Lipinski definition) is 1. The predicted molar refractivity (Wildman–Crippen MR) is 119 cm³/mol. The minimum Gasteiger partial charge on any atom is -0.477 e. The molecule has 0 saturated carbocycles. The zero-order valence-electron chi connectivity index (χ0n) is 16.8. The summed E-state index contributed by atoms with van der Waals surface area (Å²) in [4.78, 5) is 14.1. The van der Waals surface area contributed by atoms with Crippen LogP contribution in [-0.2, 0) is 16.1 Å². The van der Waals surface area contributed by atoms with Crippen LogP contribution < -0.4 is 4.90 Å². The molecule has 0 spiro atoms. The summed E-state index contributed by atoms with van der Waals surface area (Å²) in [7, 11) is 0. The summed E-state index contributed by atoms with van der Waals surface area (Å²) < 4.78 is 13.1. The standard InChI is InChI=1S/C21H21ClN4O4S/c1-2-26-19(14-3-5-15(22)6-4-14)23-24-21(26)31-17(20(27)28)13-16-7-8-18(30-16)25-9-11-29-12-10-25/h3-8,13H,2,9-12H2,1H3,(H,27,28)/b17-13-. The highest BCUT2D eigenvalue weighted by molar-refractivity contribution is 8.04. The van der Waals surface area contributed by atoms with Crippen molar-refractivity contribution in [3.05, 3.63) is 52.1 Å². The molecule has 0 amide bonds. The second-order valence-electron chi connectivity index (χ2n) is 6.75. The van der Waals surface area contributed by atoms with E-state index in [1.54, 1.807) is 18.2 Å². The zero-order valence-corrected chi connectivity index (χ0v) is 18.4. The fraction of sp³-hybridized carbons (Fsp3) is 0.286. The van der Waals surface area contributed by atoms with Crippen LogP contribution in [0.5, 0.6) is 0 Å². The number of aromatic nitrogens is 3. The zero-order chi connectivity index (χ0) is 21.8. The molecule has 0 radical (unpaired) electrons. The van der Waals surface area contributed by atoms with Crippen molar-refractivity contribution in [3.63, 3.8) is 0 Å². The molecule has 2 aromatic heterocycles. The molecule has 162 valence electrons. The van der Waals surface area contributed by atoms with Crippen LogP contribution in [0.25, 0.3) is 17.5 Å². The molecule has 1 N–H and O–H groups in total. The lowest BCUT2D eigenvalue weighted by Gasteiger charge is -2.26. The first-order valence-electron chi connectivity index (χ1n) is 9.79. The van der Waals surface area contributed by atoms with E-state index in [0.29, 0.717) is 47.4 Å². The number of aliphatic carboxylic acids is 1. The van der Waals surface area contributed by atoms with Crippen LogP contribution in [0.15, 0.2) is 50.9 Å². The monoisotopic (exact) mass is 460 g/mol. The Morgan fingerprint density at radius 1 is 1.19 bits per heavy atom. The lowest BCUT2D eigenvalue weighted by atomic mass is 10.2. The van der Waals surface area contributed by atoms with Gasteiger partial charge in [-0.3, -0.25) is 0 Å². The number of furan rings is 1. The number of halogens is 1. The summed E-state index contributed by atoms with van der Waals surface area (Å²) in [6.07, 6.45) is 1.51. The summed E-state index contributed by atoms with van der Waals surface area (Å²) >= 11 is 7.01. The molecule has 1 aliphatic rings. The first-order chi connectivity index (χ1) is 15.0. The Bertz CT molecular complexity index is 1090. The summed E-state index contributed by atoms with van der Waals surface area (Å²) in [5, 5.41) is 19.3. The van der Waals surface area contributed by atoms with Gasteiger partial charge in [0.15, 0.2) is 16.9 Å². The van der Waals surface area contributed by atoms with E-state index in [1.165, 1.54) is 6.08 Å². The van der Waals surface area contributed by atoms with Gasteiger partial charge in [0.2, 0.25) is 0 Å². The fourth-order valence-electron chi connectivity index (χ4n) is 3.20. The van der Waals surface area contributed by atoms with Gasteiger partial charge in [0.25, 0.3) is 0 Å². The maximum Gasteiger partial charge on any atom is 0.342 e. The Kier molecular flexibility index (Phi) is 6.64. The van der Waals surface area contributed by atoms with E-state index < -0.39 is 5.97 Å². The highest BCUT2D eigenvalue weighted by Gasteiger charge is 2.20. The normalized spacial score (nSPS) is 14.8. The summed E-state index contributed by atoms with van der Waals surface area (Å²) in [5.41, 5.74) is 0.854. The lowest BCUT2D eigenvalue weighted by Crippen LogP contribution is -2.35. The number of ether oxygens (including phenoxy) is 1. The third-order valence-corrected chi connectivity index (χ3v) is 6.01. The van der Waals surface area contributed by atoms with Crippen molar-refractivity contribution >= 4 is 41.3 Å². The van der Waals surface area contributed by atoms with Crippen molar-refractivity contribution in [2.45, 2.75) is 18.6 Å². The molecule has 31 heavy (non-hydrogen) atoms. The highest BCUT2D eigenvalue weighted by atomic mass is 35.5. The van der Waals surface area contributed by atoms with Gasteiger partial charge in [-0.15, -0.1) is 10.2 Å². The van der Waals surface area contributed by atoms with Crippen molar-refractivity contribution < 1.29 is 19.1 Å². The minimum atomic E-state index is -1.06. The predicted octanol–water partition coefficient (Wildman–Crippen LogP) is 4.27. The lowest BCUT2D eigenvalue weighted by molar-refractivity contribution is -0.131. The number of anilines is 1. The van der Waals surface area contributed by atoms with Crippen LogP contribution in [0.2, 0.25) is 5.02 Å². The Labute approximate surface area is 188 Å². The van der Waals surface area contributed by atoms with E-state index in [0.717, 1.165) is 30.4 Å². The molecule has 0 unspecified atom stereocenters. The van der Waals surface area contributed by atoms with Gasteiger partial charge in [-0.1, -0.05) is 11.6 Å². The van der Waals surface area contributed by atoms with Crippen molar-refractivity contribution in [2.24, 2.45) is 0 Å². The molecular weight excluding hydrogens is 440 g/mol. The number of carboxylic acid groups (broad SMARTS) is 1. The van der Waals surface area contributed by atoms with Crippen LogP contribution in [0, 0.1) is 0 Å². The summed E-state index contributed by atoms with van der Waals surface area (Å²) in [5.74, 6) is 0.755. The number of morpholine rings is 1. The minimum absolute atomic E-state index is 0.0904. The van der Waals surface area contributed by atoms with Gasteiger partial charge < -0.3 is 23.7 Å². The van der Waals surface area contributed by atoms with E-state index in [9.17, 15) is 9.90 Å². The summed E-state index contributed by atoms with van der Waals surface area (Å²) in [6.45, 7) is 5.31. The Morgan fingerprint density at radius 2 is 1.94 bits per heavy atom. The molecule has 3 aromatic rings. The van der Waals surface area contributed by atoms with E-state index in [-0.39, 0.29) is 4.91 Å². The third-order valence-electron chi connectivity index (χ3n) is 4.76. The van der Waals surface area contributed by atoms with E-state index in [4.69, 9.17) is 20.8 Å². The summed E-state index contributed by atoms with van der Waals surface area (Å²) in [6, 6.07) is 10.9. The second kappa shape index (κ2) is 9.59. The van der Waals surface area contributed by atoms with Gasteiger partial charge >= 0.3 is 5.97 Å². The average molecular weight is 461 g/mol. The second-order valence-corrected chi connectivity index (χ2v) is 8.19. The molecule has 1 fully saturated rings. The molecular formula is C21H21ClN4O4S. The van der Waals surface area contributed by atoms with Crippen LogP contribution >= 0.6 is 23.4 Å². The van der Waals surface area contributed by atoms with Gasteiger partial charge in [0.05, 0.1) is 13.2 Å². The smallest absolute Gasteiger partial charge is 0.342 e. The highest BCUT2D eigenvalue weighted by Crippen LogP contribution is 2.31. The van der Waals surface area contributed by atoms with Crippen molar-refractivity contribution in [2.75, 3.05) is 31.2 Å². The molecule has 8 nitrogen and oxygen atoms in total. The number of carboxylic acids is 1. The van der Waals surface area contributed by atoms with E-state index in [1.807, 2.05) is 29.7 Å². The maximum atomic E-state index is 11.9. The Hall–Kier alpha value is -2.75. The van der Waals surface area contributed by atoms with Gasteiger partial charge in [-0.2, -0.15) is 0 Å². The van der Waals surface area contributed by atoms with Crippen LogP contribution in [0.4, 0.5) is 5.88 Å². The molecule has 10 heteroatoms. The maximum absolute atomic E-state index is 11.9. The first-order valence-corrected chi connectivity index (χ1v) is 11.0. The molecule has 1 saturated heterocycles. The van der Waals surface area contributed by atoms with Gasteiger partial charge in [0.1, 0.15) is 10.7 Å². The molecule has 1 aliphatic heterocycles. The van der Waals surface area contributed by atoms with Crippen LogP contribution in [0.3, 0.4) is 0 Å². The molecule has 3 heterocycles. The number of thioether (sulfide) groups is 1. The molecule has 1 aromatic carbocycles. The largest absolute Gasteiger partial charge is 0.477 e. The van der Waals surface area contributed by atoms with Gasteiger partial charge in [0, 0.05) is 42.4 Å². The van der Waals surface area contributed by atoms with E-state index >= 15 is 0 Å². The first kappa shape index (κ1) is 21.5. The van der Waals surface area contributed by atoms with Crippen LogP contribution in [-0.4, -0.2) is 52.1 Å². The quantitative estimate of drug-likeness (QED) is 0.412. The molecule has 4 rings (SSSR count). The average Bonchev–Trinajstić information content (AvgIpc) is 3.41. The third kappa shape index (κ3) is 4.95. The number of carbonyl (C=O) groups is 1. The molecule has 0 atom stereocenters. The van der Waals surface area contributed by atoms with Gasteiger partial charge in [-0.05, 0) is 49.0 Å². The fourth-order valence-corrected chi connectivity index (χ4v) is 4.19. The number of benzene rings is 1. The van der Waals surface area contributed by atoms with E-state index in [2.05, 4.69) is 15.1 Å². The number of rotatable bonds is 7. The Morgan fingerprint density at radius 3 is 2.61 bits per heavy atom. The number of hydrogen-bond acceptors (Lipinski definition) is 7. The Balaban J connectivity index is 1.58. The van der Waals surface area contributed by atoms with Gasteiger partial charge in [-0.25, -0.2) is 4.79 Å². The van der Waals surface area contributed by atoms with Crippen LogP contribution in [0.1, 0.15) is 12.7 Å².